The maximum atomic E-state index is 12.7. The molecule has 3 heterocycles. The zero-order valence-electron chi connectivity index (χ0n) is 15.1. The van der Waals surface area contributed by atoms with E-state index in [9.17, 15) is 4.79 Å². The summed E-state index contributed by atoms with van der Waals surface area (Å²) in [6.45, 7) is 6.43. The van der Waals surface area contributed by atoms with Crippen LogP contribution < -0.4 is 0 Å². The fraction of sp³-hybridized carbons (Fsp3) is 0.333. The maximum Gasteiger partial charge on any atom is 0.253 e. The summed E-state index contributed by atoms with van der Waals surface area (Å²) in [5, 5.41) is 0. The second-order valence-electron chi connectivity index (χ2n) is 6.97. The molecule has 0 radical (unpaired) electrons. The van der Waals surface area contributed by atoms with E-state index < -0.39 is 0 Å². The maximum absolute atomic E-state index is 12.7. The van der Waals surface area contributed by atoms with Gasteiger partial charge in [-0.3, -0.25) is 9.69 Å². The lowest BCUT2D eigenvalue weighted by molar-refractivity contribution is 0.0761. The third-order valence-corrected chi connectivity index (χ3v) is 5.01. The van der Waals surface area contributed by atoms with E-state index in [0.717, 1.165) is 50.4 Å². The van der Waals surface area contributed by atoms with E-state index in [-0.39, 0.29) is 5.91 Å². The van der Waals surface area contributed by atoms with E-state index in [1.165, 1.54) is 11.3 Å². The Labute approximate surface area is 153 Å². The van der Waals surface area contributed by atoms with Crippen molar-refractivity contribution in [1.82, 2.24) is 19.2 Å². The predicted molar refractivity (Wildman–Crippen MR) is 102 cm³/mol. The summed E-state index contributed by atoms with van der Waals surface area (Å²) >= 11 is 0. The van der Waals surface area contributed by atoms with Crippen molar-refractivity contribution in [2.45, 2.75) is 19.9 Å². The number of carbonyl (C=O) groups excluding carboxylic acids is 1. The second-order valence-corrected chi connectivity index (χ2v) is 6.97. The summed E-state index contributed by atoms with van der Waals surface area (Å²) in [6, 6.07) is 13.7. The lowest BCUT2D eigenvalue weighted by Crippen LogP contribution is -2.35. The number of hydrogen-bond acceptors (Lipinski definition) is 3. The lowest BCUT2D eigenvalue weighted by atomic mass is 10.2. The molecule has 1 aliphatic heterocycles. The van der Waals surface area contributed by atoms with Crippen LogP contribution in [0.1, 0.15) is 28.0 Å². The Hall–Kier alpha value is -2.66. The number of carbonyl (C=O) groups is 1. The molecule has 0 unspecified atom stereocenters. The van der Waals surface area contributed by atoms with Crippen molar-refractivity contribution in [3.63, 3.8) is 0 Å². The van der Waals surface area contributed by atoms with Gasteiger partial charge in [0, 0.05) is 44.5 Å². The minimum atomic E-state index is 0.137. The highest BCUT2D eigenvalue weighted by molar-refractivity contribution is 5.94. The van der Waals surface area contributed by atoms with Crippen molar-refractivity contribution < 1.29 is 4.79 Å². The third kappa shape index (κ3) is 3.48. The van der Waals surface area contributed by atoms with Gasteiger partial charge in [0.2, 0.25) is 0 Å². The van der Waals surface area contributed by atoms with Crippen LogP contribution in [0.25, 0.3) is 5.65 Å². The number of amides is 1. The van der Waals surface area contributed by atoms with E-state index in [1.807, 2.05) is 41.4 Å². The highest BCUT2D eigenvalue weighted by Crippen LogP contribution is 2.14. The lowest BCUT2D eigenvalue weighted by Gasteiger charge is -2.22. The quantitative estimate of drug-likeness (QED) is 0.731. The van der Waals surface area contributed by atoms with Crippen molar-refractivity contribution >= 4 is 11.6 Å². The summed E-state index contributed by atoms with van der Waals surface area (Å²) in [4.78, 5) is 21.6. The Morgan fingerprint density at radius 2 is 1.88 bits per heavy atom. The van der Waals surface area contributed by atoms with Gasteiger partial charge in [-0.1, -0.05) is 24.3 Å². The molecular formula is C21H24N4O. The van der Waals surface area contributed by atoms with Crippen LogP contribution in [0.5, 0.6) is 0 Å². The van der Waals surface area contributed by atoms with Gasteiger partial charge < -0.3 is 9.30 Å². The Morgan fingerprint density at radius 1 is 1.04 bits per heavy atom. The largest absolute Gasteiger partial charge is 0.337 e. The molecule has 5 nitrogen and oxygen atoms in total. The van der Waals surface area contributed by atoms with Crippen molar-refractivity contribution in [2.24, 2.45) is 0 Å². The number of imidazole rings is 1. The van der Waals surface area contributed by atoms with E-state index in [2.05, 4.69) is 39.5 Å². The first kappa shape index (κ1) is 16.8. The molecule has 26 heavy (non-hydrogen) atoms. The number of fused-ring (bicyclic) bond motifs is 1. The monoisotopic (exact) mass is 348 g/mol. The van der Waals surface area contributed by atoms with Crippen LogP contribution in [0, 0.1) is 6.92 Å². The molecule has 2 aromatic heterocycles. The first-order valence-electron chi connectivity index (χ1n) is 9.20. The molecule has 134 valence electrons. The summed E-state index contributed by atoms with van der Waals surface area (Å²) in [5.74, 6) is 0.137. The first-order chi connectivity index (χ1) is 12.7. The van der Waals surface area contributed by atoms with Gasteiger partial charge in [0.15, 0.2) is 0 Å². The molecule has 0 aliphatic carbocycles. The standard InChI is InChI=1S/C21H24N4O/c1-17-8-9-20-22-14-19(25(20)15-17)16-23-10-5-11-24(13-12-23)21(26)18-6-3-2-4-7-18/h2-4,6-9,14-15H,5,10-13,16H2,1H3. The van der Waals surface area contributed by atoms with Gasteiger partial charge in [0.25, 0.3) is 5.91 Å². The molecular weight excluding hydrogens is 324 g/mol. The van der Waals surface area contributed by atoms with E-state index in [4.69, 9.17) is 0 Å². The summed E-state index contributed by atoms with van der Waals surface area (Å²) in [6.07, 6.45) is 5.10. The van der Waals surface area contributed by atoms with Crippen LogP contribution in [0.2, 0.25) is 0 Å². The van der Waals surface area contributed by atoms with Gasteiger partial charge in [-0.2, -0.15) is 0 Å². The average Bonchev–Trinajstić information content (AvgIpc) is 2.90. The van der Waals surface area contributed by atoms with Gasteiger partial charge in [-0.15, -0.1) is 0 Å². The molecule has 0 N–H and O–H groups in total. The fourth-order valence-electron chi connectivity index (χ4n) is 3.58. The van der Waals surface area contributed by atoms with Crippen LogP contribution >= 0.6 is 0 Å². The Balaban J connectivity index is 1.43. The topological polar surface area (TPSA) is 40.9 Å². The number of rotatable bonds is 3. The summed E-state index contributed by atoms with van der Waals surface area (Å²) in [7, 11) is 0. The highest BCUT2D eigenvalue weighted by Gasteiger charge is 2.20. The number of aryl methyl sites for hydroxylation is 1. The molecule has 1 aromatic carbocycles. The third-order valence-electron chi connectivity index (χ3n) is 5.01. The molecule has 3 aromatic rings. The number of benzene rings is 1. The second kappa shape index (κ2) is 7.30. The molecule has 4 rings (SSSR count). The van der Waals surface area contributed by atoms with Crippen molar-refractivity contribution in [1.29, 1.82) is 0 Å². The Kier molecular flexibility index (Phi) is 4.71. The van der Waals surface area contributed by atoms with Gasteiger partial charge in [-0.05, 0) is 37.1 Å². The Bertz CT molecular complexity index is 903. The smallest absolute Gasteiger partial charge is 0.253 e. The zero-order chi connectivity index (χ0) is 17.9. The van der Waals surface area contributed by atoms with Gasteiger partial charge in [-0.25, -0.2) is 4.98 Å². The molecule has 0 spiro atoms. The molecule has 1 saturated heterocycles. The minimum Gasteiger partial charge on any atom is -0.337 e. The van der Waals surface area contributed by atoms with Crippen LogP contribution in [0.4, 0.5) is 0 Å². The van der Waals surface area contributed by atoms with Crippen molar-refractivity contribution in [2.75, 3.05) is 26.2 Å². The van der Waals surface area contributed by atoms with E-state index in [1.54, 1.807) is 0 Å². The first-order valence-corrected chi connectivity index (χ1v) is 9.20. The number of nitrogens with zero attached hydrogens (tertiary/aromatic N) is 4. The van der Waals surface area contributed by atoms with Crippen LogP contribution in [0.15, 0.2) is 54.9 Å². The van der Waals surface area contributed by atoms with Gasteiger partial charge in [0.1, 0.15) is 5.65 Å². The molecule has 0 bridgehead atoms. The average molecular weight is 348 g/mol. The SMILES string of the molecule is Cc1ccc2ncc(CN3CCCN(C(=O)c4ccccc4)CC3)n2c1. The number of aromatic nitrogens is 2. The highest BCUT2D eigenvalue weighted by atomic mass is 16.2. The molecule has 5 heteroatoms. The van der Waals surface area contributed by atoms with Gasteiger partial charge >= 0.3 is 0 Å². The molecule has 1 aliphatic rings. The van der Waals surface area contributed by atoms with E-state index >= 15 is 0 Å². The van der Waals surface area contributed by atoms with Crippen LogP contribution in [0.3, 0.4) is 0 Å². The van der Waals surface area contributed by atoms with Gasteiger partial charge in [0.05, 0.1) is 11.9 Å². The zero-order valence-corrected chi connectivity index (χ0v) is 15.1. The fourth-order valence-corrected chi connectivity index (χ4v) is 3.58. The molecule has 0 saturated carbocycles. The Morgan fingerprint density at radius 3 is 2.73 bits per heavy atom. The predicted octanol–water partition coefficient (Wildman–Crippen LogP) is 2.99. The minimum absolute atomic E-state index is 0.137. The molecule has 1 amide bonds. The van der Waals surface area contributed by atoms with Crippen molar-refractivity contribution in [3.05, 3.63) is 71.7 Å². The van der Waals surface area contributed by atoms with E-state index in [0.29, 0.717) is 0 Å². The number of hydrogen-bond donors (Lipinski definition) is 0. The van der Waals surface area contributed by atoms with Crippen LogP contribution in [-0.4, -0.2) is 51.3 Å². The summed E-state index contributed by atoms with van der Waals surface area (Å²) in [5.41, 5.74) is 4.19. The van der Waals surface area contributed by atoms with Crippen LogP contribution in [-0.2, 0) is 6.54 Å². The summed E-state index contributed by atoms with van der Waals surface area (Å²) < 4.78 is 2.17. The normalized spacial score (nSPS) is 16.0. The number of pyridine rings is 1. The van der Waals surface area contributed by atoms with Crippen molar-refractivity contribution in [3.8, 4) is 0 Å². The molecule has 1 fully saturated rings. The molecule has 0 atom stereocenters.